The molecule has 100 valence electrons. The van der Waals surface area contributed by atoms with Crippen molar-refractivity contribution in [2.45, 2.75) is 20.3 Å². The van der Waals surface area contributed by atoms with E-state index in [1.807, 2.05) is 24.3 Å². The molecular weight excluding hydrogens is 310 g/mol. The van der Waals surface area contributed by atoms with Gasteiger partial charge in [0, 0.05) is 10.9 Å². The highest BCUT2D eigenvalue weighted by Gasteiger charge is 2.17. The first-order chi connectivity index (χ1) is 8.97. The number of benzene rings is 1. The van der Waals surface area contributed by atoms with Crippen molar-refractivity contribution in [2.75, 3.05) is 0 Å². The molecule has 1 heterocycles. The van der Waals surface area contributed by atoms with Gasteiger partial charge in [0.05, 0.1) is 5.69 Å². The van der Waals surface area contributed by atoms with Crippen LogP contribution >= 0.6 is 15.9 Å². The van der Waals surface area contributed by atoms with Crippen molar-refractivity contribution in [3.8, 4) is 5.69 Å². The summed E-state index contributed by atoms with van der Waals surface area (Å²) in [5, 5.41) is 13.1. The number of carboxylic acid groups (broad SMARTS) is 1. The Kier molecular flexibility index (Phi) is 3.99. The van der Waals surface area contributed by atoms with Gasteiger partial charge in [-0.3, -0.25) is 0 Å². The van der Waals surface area contributed by atoms with Crippen LogP contribution in [0.2, 0.25) is 0 Å². The van der Waals surface area contributed by atoms with Crippen LogP contribution in [0.15, 0.2) is 28.7 Å². The summed E-state index contributed by atoms with van der Waals surface area (Å²) in [7, 11) is 0. The first-order valence-corrected chi connectivity index (χ1v) is 6.72. The van der Waals surface area contributed by atoms with E-state index in [1.54, 1.807) is 4.68 Å². The van der Waals surface area contributed by atoms with Crippen LogP contribution in [0.25, 0.3) is 5.69 Å². The summed E-state index contributed by atoms with van der Waals surface area (Å²) < 4.78 is 2.50. The van der Waals surface area contributed by atoms with Crippen molar-refractivity contribution >= 4 is 21.9 Å². The lowest BCUT2D eigenvalue weighted by Crippen LogP contribution is -2.06. The predicted octanol–water partition coefficient (Wildman–Crippen LogP) is 2.93. The monoisotopic (exact) mass is 323 g/mol. The van der Waals surface area contributed by atoms with Crippen molar-refractivity contribution in [1.29, 1.82) is 0 Å². The zero-order chi connectivity index (χ0) is 14.0. The molecule has 0 aliphatic rings. The molecule has 0 fully saturated rings. The lowest BCUT2D eigenvalue weighted by Gasteiger charge is -2.07. The Labute approximate surface area is 119 Å². The van der Waals surface area contributed by atoms with Crippen molar-refractivity contribution in [3.63, 3.8) is 0 Å². The van der Waals surface area contributed by atoms with Gasteiger partial charge in [-0.1, -0.05) is 35.8 Å². The van der Waals surface area contributed by atoms with Crippen LogP contribution in [-0.4, -0.2) is 25.8 Å². The summed E-state index contributed by atoms with van der Waals surface area (Å²) in [5.74, 6) is -0.253. The zero-order valence-electron chi connectivity index (χ0n) is 10.7. The van der Waals surface area contributed by atoms with Crippen LogP contribution in [0.3, 0.4) is 0 Å². The highest BCUT2D eigenvalue weighted by molar-refractivity contribution is 9.10. The Bertz CT molecular complexity index is 608. The average Bonchev–Trinajstić information content (AvgIpc) is 2.72. The molecule has 0 spiro atoms. The Balaban J connectivity index is 2.50. The van der Waals surface area contributed by atoms with Crippen LogP contribution in [0, 0.1) is 5.92 Å². The molecule has 1 N–H and O–H groups in total. The van der Waals surface area contributed by atoms with Crippen LogP contribution in [0.4, 0.5) is 0 Å². The second-order valence-corrected chi connectivity index (χ2v) is 5.56. The van der Waals surface area contributed by atoms with Crippen LogP contribution in [-0.2, 0) is 6.42 Å². The standard InChI is InChI=1S/C13H14BrN3O2/c1-8(2)6-11-15-12(13(18)19)16-17(11)10-5-3-4-9(14)7-10/h3-5,7-8H,6H2,1-2H3,(H,18,19). The minimum absolute atomic E-state index is 0.171. The maximum Gasteiger partial charge on any atom is 0.375 e. The fourth-order valence-electron chi connectivity index (χ4n) is 1.75. The van der Waals surface area contributed by atoms with Gasteiger partial charge in [0.2, 0.25) is 0 Å². The van der Waals surface area contributed by atoms with E-state index in [4.69, 9.17) is 5.11 Å². The molecule has 2 aromatic rings. The number of rotatable bonds is 4. The van der Waals surface area contributed by atoms with E-state index in [0.717, 1.165) is 10.2 Å². The molecule has 1 aromatic heterocycles. The van der Waals surface area contributed by atoms with Gasteiger partial charge < -0.3 is 5.11 Å². The fraction of sp³-hybridized carbons (Fsp3) is 0.308. The third-order valence-electron chi connectivity index (χ3n) is 2.51. The molecule has 0 bridgehead atoms. The molecule has 0 atom stereocenters. The molecule has 19 heavy (non-hydrogen) atoms. The number of hydrogen-bond donors (Lipinski definition) is 1. The number of aromatic carboxylic acids is 1. The number of hydrogen-bond acceptors (Lipinski definition) is 3. The first-order valence-electron chi connectivity index (χ1n) is 5.92. The third-order valence-corrected chi connectivity index (χ3v) is 3.00. The Morgan fingerprint density at radius 1 is 1.47 bits per heavy atom. The topological polar surface area (TPSA) is 68.0 Å². The zero-order valence-corrected chi connectivity index (χ0v) is 12.3. The van der Waals surface area contributed by atoms with Crippen LogP contribution in [0.1, 0.15) is 30.3 Å². The highest BCUT2D eigenvalue weighted by Crippen LogP contribution is 2.18. The van der Waals surface area contributed by atoms with Crippen molar-refractivity contribution in [3.05, 3.63) is 40.4 Å². The van der Waals surface area contributed by atoms with Gasteiger partial charge in [-0.2, -0.15) is 0 Å². The van der Waals surface area contributed by atoms with Crippen LogP contribution in [0.5, 0.6) is 0 Å². The lowest BCUT2D eigenvalue weighted by molar-refractivity contribution is 0.0683. The first kappa shape index (κ1) is 13.7. The number of carbonyl (C=O) groups is 1. The van der Waals surface area contributed by atoms with Gasteiger partial charge >= 0.3 is 5.97 Å². The molecule has 0 amide bonds. The molecule has 0 saturated heterocycles. The Hall–Kier alpha value is -1.69. The number of nitrogens with zero attached hydrogens (tertiary/aromatic N) is 3. The van der Waals surface area contributed by atoms with Crippen molar-refractivity contribution < 1.29 is 9.90 Å². The van der Waals surface area contributed by atoms with E-state index >= 15 is 0 Å². The third kappa shape index (κ3) is 3.20. The van der Waals surface area contributed by atoms with Gasteiger partial charge in [0.1, 0.15) is 5.82 Å². The molecule has 0 radical (unpaired) electrons. The average molecular weight is 324 g/mol. The summed E-state index contributed by atoms with van der Waals surface area (Å²) >= 11 is 3.39. The highest BCUT2D eigenvalue weighted by atomic mass is 79.9. The van der Waals surface area contributed by atoms with E-state index in [2.05, 4.69) is 39.9 Å². The second kappa shape index (κ2) is 5.52. The molecule has 1 aromatic carbocycles. The maximum atomic E-state index is 11.0. The second-order valence-electron chi connectivity index (χ2n) is 4.65. The van der Waals surface area contributed by atoms with E-state index in [0.29, 0.717) is 18.2 Å². The van der Waals surface area contributed by atoms with Gasteiger partial charge in [-0.15, -0.1) is 5.10 Å². The molecule has 0 aliphatic heterocycles. The Morgan fingerprint density at radius 2 is 2.21 bits per heavy atom. The summed E-state index contributed by atoms with van der Waals surface area (Å²) in [6.07, 6.45) is 0.673. The number of halogens is 1. The summed E-state index contributed by atoms with van der Waals surface area (Å²) in [4.78, 5) is 15.1. The van der Waals surface area contributed by atoms with Gasteiger partial charge in [0.15, 0.2) is 0 Å². The predicted molar refractivity (Wildman–Crippen MR) is 74.6 cm³/mol. The largest absolute Gasteiger partial charge is 0.475 e. The van der Waals surface area contributed by atoms with Crippen molar-refractivity contribution in [2.24, 2.45) is 5.92 Å². The minimum Gasteiger partial charge on any atom is -0.475 e. The van der Waals surface area contributed by atoms with E-state index < -0.39 is 5.97 Å². The smallest absolute Gasteiger partial charge is 0.375 e. The molecular formula is C13H14BrN3O2. The molecule has 2 rings (SSSR count). The van der Waals surface area contributed by atoms with E-state index in [-0.39, 0.29) is 5.82 Å². The lowest BCUT2D eigenvalue weighted by atomic mass is 10.1. The molecule has 6 heteroatoms. The molecule has 0 unspecified atom stereocenters. The normalized spacial score (nSPS) is 10.9. The quantitative estimate of drug-likeness (QED) is 0.939. The number of aromatic nitrogens is 3. The van der Waals surface area contributed by atoms with Gasteiger partial charge in [-0.05, 0) is 24.1 Å². The van der Waals surface area contributed by atoms with Gasteiger partial charge in [0.25, 0.3) is 5.82 Å². The Morgan fingerprint density at radius 3 is 2.79 bits per heavy atom. The molecule has 0 aliphatic carbocycles. The summed E-state index contributed by atoms with van der Waals surface area (Å²) in [6, 6.07) is 7.53. The van der Waals surface area contributed by atoms with E-state index in [1.165, 1.54) is 0 Å². The summed E-state index contributed by atoms with van der Waals surface area (Å²) in [6.45, 7) is 4.11. The van der Waals surface area contributed by atoms with Crippen LogP contribution < -0.4 is 0 Å². The maximum absolute atomic E-state index is 11.0. The van der Waals surface area contributed by atoms with Gasteiger partial charge in [-0.25, -0.2) is 14.5 Å². The SMILES string of the molecule is CC(C)Cc1nc(C(=O)O)nn1-c1cccc(Br)c1. The van der Waals surface area contributed by atoms with E-state index in [9.17, 15) is 4.79 Å². The fourth-order valence-corrected chi connectivity index (χ4v) is 2.13. The minimum atomic E-state index is -1.11. The number of carboxylic acids is 1. The van der Waals surface area contributed by atoms with Crippen molar-refractivity contribution in [1.82, 2.24) is 14.8 Å². The molecule has 0 saturated carbocycles. The molecule has 5 nitrogen and oxygen atoms in total. The summed E-state index contributed by atoms with van der Waals surface area (Å²) in [5.41, 5.74) is 0.796.